The quantitative estimate of drug-likeness (QED) is 0.759. The lowest BCUT2D eigenvalue weighted by Crippen LogP contribution is -2.24. The number of hydrogen-bond donors (Lipinski definition) is 2. The van der Waals surface area contributed by atoms with Gasteiger partial charge in [-0.1, -0.05) is 36.4 Å². The first-order valence-electron chi connectivity index (χ1n) is 8.14. The van der Waals surface area contributed by atoms with E-state index < -0.39 is 6.09 Å². The third kappa shape index (κ3) is 5.53. The number of alkyl carbamates (subject to hydrolysis) is 1. The number of carbonyl (C=O) groups excluding carboxylic acids is 1. The highest BCUT2D eigenvalue weighted by molar-refractivity contribution is 5.69. The van der Waals surface area contributed by atoms with Gasteiger partial charge in [0.2, 0.25) is 0 Å². The molecule has 6 heteroatoms. The molecule has 0 saturated heterocycles. The van der Waals surface area contributed by atoms with Gasteiger partial charge in [0, 0.05) is 6.54 Å². The van der Waals surface area contributed by atoms with E-state index in [4.69, 9.17) is 14.2 Å². The van der Waals surface area contributed by atoms with Gasteiger partial charge in [-0.25, -0.2) is 4.79 Å². The predicted molar refractivity (Wildman–Crippen MR) is 99.1 cm³/mol. The third-order valence-corrected chi connectivity index (χ3v) is 3.65. The molecule has 0 fully saturated rings. The molecule has 0 bridgehead atoms. The van der Waals surface area contributed by atoms with Crippen LogP contribution in [0.4, 0.5) is 4.79 Å². The Kier molecular flexibility index (Phi) is 7.51. The summed E-state index contributed by atoms with van der Waals surface area (Å²) >= 11 is 0. The van der Waals surface area contributed by atoms with Crippen LogP contribution in [0.15, 0.2) is 48.5 Å². The molecule has 2 N–H and O–H groups in total. The smallest absolute Gasteiger partial charge is 0.407 e. The Hall–Kier alpha value is -2.99. The molecule has 0 aliphatic carbocycles. The molecule has 0 spiro atoms. The fraction of sp³-hybridized carbons (Fsp3) is 0.250. The van der Waals surface area contributed by atoms with E-state index in [2.05, 4.69) is 5.32 Å². The number of carbonyl (C=O) groups is 1. The molecule has 138 valence electrons. The van der Waals surface area contributed by atoms with E-state index in [1.54, 1.807) is 38.5 Å². The number of nitrogens with one attached hydrogen (secondary N) is 1. The molecule has 2 rings (SSSR count). The first-order chi connectivity index (χ1) is 12.7. The summed E-state index contributed by atoms with van der Waals surface area (Å²) in [6, 6.07) is 12.9. The Morgan fingerprint density at radius 2 is 1.73 bits per heavy atom. The van der Waals surface area contributed by atoms with Crippen molar-refractivity contribution in [3.63, 3.8) is 0 Å². The molecule has 0 aromatic heterocycles. The largest absolute Gasteiger partial charge is 0.496 e. The van der Waals surface area contributed by atoms with Gasteiger partial charge in [-0.2, -0.15) is 0 Å². The highest BCUT2D eigenvalue weighted by Crippen LogP contribution is 2.31. The maximum Gasteiger partial charge on any atom is 0.407 e. The van der Waals surface area contributed by atoms with Gasteiger partial charge in [0.25, 0.3) is 0 Å². The van der Waals surface area contributed by atoms with Crippen molar-refractivity contribution in [1.82, 2.24) is 5.32 Å². The fourth-order valence-electron chi connectivity index (χ4n) is 2.34. The molecule has 0 aliphatic rings. The minimum Gasteiger partial charge on any atom is -0.496 e. The number of aliphatic hydroxyl groups excluding tert-OH is 1. The molecule has 1 amide bonds. The van der Waals surface area contributed by atoms with Crippen LogP contribution in [0.3, 0.4) is 0 Å². The molecule has 0 aliphatic heterocycles. The molecule has 0 saturated carbocycles. The van der Waals surface area contributed by atoms with Crippen molar-refractivity contribution < 1.29 is 24.1 Å². The number of hydrogen-bond acceptors (Lipinski definition) is 5. The second-order valence-corrected chi connectivity index (χ2v) is 5.42. The minimum atomic E-state index is -0.493. The van der Waals surface area contributed by atoms with Crippen molar-refractivity contribution in [2.75, 3.05) is 20.8 Å². The standard InChI is InChI=1S/C20H23NO5/c1-24-18-11-16(13-22)12-19(25-2)17(18)9-6-10-21-20(23)26-14-15-7-4-3-5-8-15/h3-9,11-12,22H,10,13-14H2,1-2H3,(H,21,23). The van der Waals surface area contributed by atoms with Gasteiger partial charge in [-0.3, -0.25) is 0 Å². The number of amides is 1. The van der Waals surface area contributed by atoms with E-state index in [1.807, 2.05) is 30.3 Å². The van der Waals surface area contributed by atoms with E-state index in [1.165, 1.54) is 0 Å². The molecule has 2 aromatic carbocycles. The Bertz CT molecular complexity index is 718. The van der Waals surface area contributed by atoms with Crippen LogP contribution in [-0.2, 0) is 18.0 Å². The van der Waals surface area contributed by atoms with Gasteiger partial charge in [0.15, 0.2) is 0 Å². The zero-order chi connectivity index (χ0) is 18.8. The topological polar surface area (TPSA) is 77.0 Å². The maximum absolute atomic E-state index is 11.7. The maximum atomic E-state index is 11.7. The molecule has 0 atom stereocenters. The van der Waals surface area contributed by atoms with Gasteiger partial charge in [-0.15, -0.1) is 0 Å². The Balaban J connectivity index is 1.90. The average molecular weight is 357 g/mol. The number of aliphatic hydroxyl groups is 1. The van der Waals surface area contributed by atoms with Gasteiger partial charge in [-0.05, 0) is 29.3 Å². The van der Waals surface area contributed by atoms with Crippen LogP contribution in [-0.4, -0.2) is 32.0 Å². The fourth-order valence-corrected chi connectivity index (χ4v) is 2.34. The van der Waals surface area contributed by atoms with Gasteiger partial charge >= 0.3 is 6.09 Å². The number of methoxy groups -OCH3 is 2. The molecule has 0 heterocycles. The van der Waals surface area contributed by atoms with Crippen LogP contribution < -0.4 is 14.8 Å². The number of rotatable bonds is 8. The lowest BCUT2D eigenvalue weighted by molar-refractivity contribution is 0.141. The van der Waals surface area contributed by atoms with Crippen LogP contribution in [0.1, 0.15) is 16.7 Å². The summed E-state index contributed by atoms with van der Waals surface area (Å²) in [5.41, 5.74) is 2.35. The summed E-state index contributed by atoms with van der Waals surface area (Å²) in [6.07, 6.45) is 3.06. The monoisotopic (exact) mass is 357 g/mol. The molecule has 0 radical (unpaired) electrons. The molecular formula is C20H23NO5. The lowest BCUT2D eigenvalue weighted by atomic mass is 10.1. The Morgan fingerprint density at radius 1 is 1.08 bits per heavy atom. The molecule has 2 aromatic rings. The van der Waals surface area contributed by atoms with Crippen LogP contribution >= 0.6 is 0 Å². The van der Waals surface area contributed by atoms with Gasteiger partial charge in [0.1, 0.15) is 18.1 Å². The van der Waals surface area contributed by atoms with Gasteiger partial charge < -0.3 is 24.6 Å². The van der Waals surface area contributed by atoms with Crippen LogP contribution in [0.2, 0.25) is 0 Å². The summed E-state index contributed by atoms with van der Waals surface area (Å²) < 4.78 is 15.8. The minimum absolute atomic E-state index is 0.106. The zero-order valence-corrected chi connectivity index (χ0v) is 14.9. The average Bonchev–Trinajstić information content (AvgIpc) is 2.69. The second kappa shape index (κ2) is 10.1. The van der Waals surface area contributed by atoms with Crippen molar-refractivity contribution in [3.8, 4) is 11.5 Å². The molecule has 26 heavy (non-hydrogen) atoms. The highest BCUT2D eigenvalue weighted by Gasteiger charge is 2.10. The summed E-state index contributed by atoms with van der Waals surface area (Å²) in [7, 11) is 3.10. The van der Waals surface area contributed by atoms with E-state index in [9.17, 15) is 9.90 Å². The lowest BCUT2D eigenvalue weighted by Gasteiger charge is -2.12. The predicted octanol–water partition coefficient (Wildman–Crippen LogP) is 3.14. The van der Waals surface area contributed by atoms with E-state index in [0.29, 0.717) is 23.6 Å². The second-order valence-electron chi connectivity index (χ2n) is 5.42. The third-order valence-electron chi connectivity index (χ3n) is 3.65. The summed E-state index contributed by atoms with van der Waals surface area (Å²) in [5, 5.41) is 11.9. The normalized spacial score (nSPS) is 10.6. The molecule has 6 nitrogen and oxygen atoms in total. The Morgan fingerprint density at radius 3 is 2.31 bits per heavy atom. The molecular weight excluding hydrogens is 334 g/mol. The first-order valence-corrected chi connectivity index (χ1v) is 8.14. The summed E-state index contributed by atoms with van der Waals surface area (Å²) in [6.45, 7) is 0.411. The number of ether oxygens (including phenoxy) is 3. The van der Waals surface area contributed by atoms with E-state index in [0.717, 1.165) is 11.1 Å². The zero-order valence-electron chi connectivity index (χ0n) is 14.9. The number of benzene rings is 2. The van der Waals surface area contributed by atoms with Crippen molar-refractivity contribution in [1.29, 1.82) is 0 Å². The van der Waals surface area contributed by atoms with Crippen LogP contribution in [0.5, 0.6) is 11.5 Å². The van der Waals surface area contributed by atoms with Crippen molar-refractivity contribution in [2.24, 2.45) is 0 Å². The SMILES string of the molecule is COc1cc(CO)cc(OC)c1C=CCNC(=O)OCc1ccccc1. The first kappa shape index (κ1) is 19.3. The van der Waals surface area contributed by atoms with Crippen LogP contribution in [0.25, 0.3) is 6.08 Å². The van der Waals surface area contributed by atoms with E-state index >= 15 is 0 Å². The van der Waals surface area contributed by atoms with E-state index in [-0.39, 0.29) is 13.2 Å². The van der Waals surface area contributed by atoms with Crippen molar-refractivity contribution >= 4 is 12.2 Å². The van der Waals surface area contributed by atoms with Gasteiger partial charge in [0.05, 0.1) is 26.4 Å². The van der Waals surface area contributed by atoms with Crippen molar-refractivity contribution in [2.45, 2.75) is 13.2 Å². The summed E-state index contributed by atoms with van der Waals surface area (Å²) in [4.78, 5) is 11.7. The highest BCUT2D eigenvalue weighted by atomic mass is 16.5. The van der Waals surface area contributed by atoms with Crippen LogP contribution in [0, 0.1) is 0 Å². The Labute approximate surface area is 153 Å². The summed E-state index contributed by atoms with van der Waals surface area (Å²) in [5.74, 6) is 1.16. The molecule has 0 unspecified atom stereocenters. The van der Waals surface area contributed by atoms with Crippen molar-refractivity contribution in [3.05, 3.63) is 65.2 Å².